The Bertz CT molecular complexity index is 1750. The third kappa shape index (κ3) is 5.41. The minimum atomic E-state index is -0.636. The van der Waals surface area contributed by atoms with Crippen LogP contribution < -0.4 is 9.64 Å². The van der Waals surface area contributed by atoms with Gasteiger partial charge in [-0.3, -0.25) is 19.3 Å². The molecule has 2 amide bonds. The Morgan fingerprint density at radius 1 is 0.907 bits per heavy atom. The molecule has 3 unspecified atom stereocenters. The molecule has 8 heteroatoms. The maximum atomic E-state index is 13.3. The molecule has 1 aliphatic carbocycles. The molecule has 6 rings (SSSR count). The van der Waals surface area contributed by atoms with Crippen molar-refractivity contribution < 1.29 is 28.7 Å². The molecule has 0 spiro atoms. The molecule has 0 bridgehead atoms. The summed E-state index contributed by atoms with van der Waals surface area (Å²) >= 11 is 0. The van der Waals surface area contributed by atoms with Gasteiger partial charge in [-0.1, -0.05) is 30.7 Å². The molecule has 1 aliphatic heterocycles. The largest absolute Gasteiger partial charge is 0.497 e. The summed E-state index contributed by atoms with van der Waals surface area (Å²) in [6.45, 7) is 3.64. The minimum absolute atomic E-state index is 0.122. The van der Waals surface area contributed by atoms with Gasteiger partial charge in [0.2, 0.25) is 11.8 Å². The number of ketones is 1. The van der Waals surface area contributed by atoms with Crippen LogP contribution in [0.4, 0.5) is 5.69 Å². The maximum Gasteiger partial charge on any atom is 0.339 e. The normalized spacial score (nSPS) is 19.8. The van der Waals surface area contributed by atoms with Crippen molar-refractivity contribution in [2.24, 2.45) is 17.8 Å². The summed E-state index contributed by atoms with van der Waals surface area (Å²) in [5.74, 6) is -0.635. The van der Waals surface area contributed by atoms with Crippen LogP contribution in [0.5, 0.6) is 5.75 Å². The number of hydrogen-bond donors (Lipinski definition) is 0. The zero-order valence-corrected chi connectivity index (χ0v) is 24.3. The second kappa shape index (κ2) is 11.4. The van der Waals surface area contributed by atoms with Crippen molar-refractivity contribution in [3.8, 4) is 17.0 Å². The molecule has 3 atom stereocenters. The highest BCUT2D eigenvalue weighted by Crippen LogP contribution is 2.42. The lowest BCUT2D eigenvalue weighted by Crippen LogP contribution is -2.30. The van der Waals surface area contributed by atoms with Crippen molar-refractivity contribution in [3.63, 3.8) is 0 Å². The van der Waals surface area contributed by atoms with Crippen LogP contribution in [0.25, 0.3) is 22.2 Å². The van der Waals surface area contributed by atoms with Gasteiger partial charge in [0.05, 0.1) is 41.4 Å². The zero-order chi connectivity index (χ0) is 30.2. The molecule has 218 valence electrons. The van der Waals surface area contributed by atoms with Crippen LogP contribution >= 0.6 is 0 Å². The Balaban J connectivity index is 1.26. The third-order valence-corrected chi connectivity index (χ3v) is 8.54. The van der Waals surface area contributed by atoms with Crippen molar-refractivity contribution in [2.45, 2.75) is 33.1 Å². The monoisotopic (exact) mass is 576 g/mol. The second-order valence-corrected chi connectivity index (χ2v) is 11.5. The minimum Gasteiger partial charge on any atom is -0.497 e. The lowest BCUT2D eigenvalue weighted by atomic mass is 9.76. The fraction of sp³-hybridized carbons (Fsp3) is 0.286. The zero-order valence-electron chi connectivity index (χ0n) is 24.3. The summed E-state index contributed by atoms with van der Waals surface area (Å²) in [6, 6.07) is 21.0. The average molecular weight is 577 g/mol. The van der Waals surface area contributed by atoms with Crippen LogP contribution in [-0.2, 0) is 14.3 Å². The van der Waals surface area contributed by atoms with Gasteiger partial charge in [-0.2, -0.15) is 0 Å². The van der Waals surface area contributed by atoms with Crippen molar-refractivity contribution in [1.29, 1.82) is 0 Å². The highest BCUT2D eigenvalue weighted by atomic mass is 16.5. The molecule has 4 aromatic rings. The van der Waals surface area contributed by atoms with Gasteiger partial charge in [0, 0.05) is 16.5 Å². The molecule has 1 aromatic heterocycles. The first kappa shape index (κ1) is 28.3. The number of aryl methyl sites for hydroxylation is 1. The van der Waals surface area contributed by atoms with Gasteiger partial charge in [0.1, 0.15) is 5.75 Å². The Labute approximate surface area is 249 Å². The number of fused-ring (bicyclic) bond motifs is 2. The molecule has 3 aromatic carbocycles. The van der Waals surface area contributed by atoms with Crippen LogP contribution in [0, 0.1) is 24.7 Å². The number of ether oxygens (including phenoxy) is 2. The maximum absolute atomic E-state index is 13.3. The van der Waals surface area contributed by atoms with Gasteiger partial charge in [-0.25, -0.2) is 9.78 Å². The molecule has 43 heavy (non-hydrogen) atoms. The van der Waals surface area contributed by atoms with Gasteiger partial charge in [-0.15, -0.1) is 0 Å². The molecule has 0 radical (unpaired) electrons. The van der Waals surface area contributed by atoms with Gasteiger partial charge < -0.3 is 9.47 Å². The average Bonchev–Trinajstić information content (AvgIpc) is 3.27. The van der Waals surface area contributed by atoms with Crippen molar-refractivity contribution in [2.75, 3.05) is 18.6 Å². The van der Waals surface area contributed by atoms with E-state index < -0.39 is 12.6 Å². The van der Waals surface area contributed by atoms with Crippen LogP contribution in [-0.4, -0.2) is 42.3 Å². The fourth-order valence-electron chi connectivity index (χ4n) is 6.15. The van der Waals surface area contributed by atoms with E-state index in [9.17, 15) is 19.2 Å². The summed E-state index contributed by atoms with van der Waals surface area (Å²) in [7, 11) is 1.54. The number of esters is 1. The highest BCUT2D eigenvalue weighted by Gasteiger charge is 2.49. The van der Waals surface area contributed by atoms with Crippen LogP contribution in [0.15, 0.2) is 72.8 Å². The molecule has 1 saturated carbocycles. The number of carbonyl (C=O) groups excluding carboxylic acids is 4. The van der Waals surface area contributed by atoms with Crippen molar-refractivity contribution >= 4 is 40.2 Å². The molecule has 2 heterocycles. The van der Waals surface area contributed by atoms with E-state index >= 15 is 0 Å². The Morgan fingerprint density at radius 2 is 1.63 bits per heavy atom. The SMILES string of the molecule is COc1ccc(C(=O)COC(=O)c2cc(-c3ccc(N4C(=O)C5CCC(C)CC5C4=O)cc3)nc3ccc(C)cc23)cc1. The Kier molecular flexibility index (Phi) is 7.52. The summed E-state index contributed by atoms with van der Waals surface area (Å²) < 4.78 is 10.6. The van der Waals surface area contributed by atoms with Gasteiger partial charge in [0.15, 0.2) is 12.4 Å². The van der Waals surface area contributed by atoms with Crippen LogP contribution in [0.1, 0.15) is 52.5 Å². The van der Waals surface area contributed by atoms with E-state index in [2.05, 4.69) is 6.92 Å². The van der Waals surface area contributed by atoms with E-state index in [0.717, 1.165) is 24.8 Å². The topological polar surface area (TPSA) is 103 Å². The standard InChI is InChI=1S/C35H32N2O6/c1-20-4-14-26-28(17-20)34(40)37(33(26)39)24-10-6-22(7-11-24)31-18-29(27-16-21(2)5-15-30(27)36-31)35(41)43-19-32(38)23-8-12-25(42-3)13-9-23/h5-13,15-16,18,20,26,28H,4,14,17,19H2,1-3H3. The first-order valence-electron chi connectivity index (χ1n) is 14.5. The number of benzene rings is 3. The van der Waals surface area contributed by atoms with Crippen LogP contribution in [0.2, 0.25) is 0 Å². The number of rotatable bonds is 7. The van der Waals surface area contributed by atoms with E-state index in [0.29, 0.717) is 50.6 Å². The van der Waals surface area contributed by atoms with E-state index in [1.807, 2.05) is 25.1 Å². The summed E-state index contributed by atoms with van der Waals surface area (Å²) in [5.41, 5.74) is 4.02. The van der Waals surface area contributed by atoms with E-state index in [4.69, 9.17) is 14.5 Å². The molecule has 2 fully saturated rings. The first-order chi connectivity index (χ1) is 20.7. The molecule has 0 N–H and O–H groups in total. The lowest BCUT2D eigenvalue weighted by molar-refractivity contribution is -0.122. The number of hydrogen-bond acceptors (Lipinski definition) is 7. The fourth-order valence-corrected chi connectivity index (χ4v) is 6.15. The molecular weight excluding hydrogens is 544 g/mol. The third-order valence-electron chi connectivity index (χ3n) is 8.54. The number of carbonyl (C=O) groups is 4. The lowest BCUT2D eigenvalue weighted by Gasteiger charge is -2.25. The van der Waals surface area contributed by atoms with Gasteiger partial charge in [-0.05, 0) is 86.7 Å². The molecule has 2 aliphatic rings. The van der Waals surface area contributed by atoms with Crippen molar-refractivity contribution in [3.05, 3.63) is 89.5 Å². The smallest absolute Gasteiger partial charge is 0.339 e. The number of nitrogens with zero attached hydrogens (tertiary/aromatic N) is 2. The first-order valence-corrected chi connectivity index (χ1v) is 14.5. The predicted octanol–water partition coefficient (Wildman–Crippen LogP) is 6.18. The number of pyridine rings is 1. The van der Waals surface area contributed by atoms with E-state index in [-0.39, 0.29) is 29.4 Å². The summed E-state index contributed by atoms with van der Waals surface area (Å²) in [4.78, 5) is 58.5. The van der Waals surface area contributed by atoms with Gasteiger partial charge >= 0.3 is 5.97 Å². The molecular formula is C35H32N2O6. The van der Waals surface area contributed by atoms with Crippen LogP contribution in [0.3, 0.4) is 0 Å². The van der Waals surface area contributed by atoms with E-state index in [1.165, 1.54) is 4.90 Å². The number of aromatic nitrogens is 1. The Morgan fingerprint density at radius 3 is 2.35 bits per heavy atom. The summed E-state index contributed by atoms with van der Waals surface area (Å²) in [5, 5.41) is 0.618. The quantitative estimate of drug-likeness (QED) is 0.147. The summed E-state index contributed by atoms with van der Waals surface area (Å²) in [6.07, 6.45) is 2.45. The van der Waals surface area contributed by atoms with Crippen molar-refractivity contribution in [1.82, 2.24) is 4.98 Å². The number of anilines is 1. The highest BCUT2D eigenvalue weighted by molar-refractivity contribution is 6.22. The number of amides is 2. The number of methoxy groups -OCH3 is 1. The van der Waals surface area contributed by atoms with Gasteiger partial charge in [0.25, 0.3) is 0 Å². The second-order valence-electron chi connectivity index (χ2n) is 11.5. The van der Waals surface area contributed by atoms with E-state index in [1.54, 1.807) is 61.7 Å². The number of Topliss-reactive ketones (excluding diaryl/α,β-unsaturated/α-hetero) is 1. The molecule has 1 saturated heterocycles. The predicted molar refractivity (Wildman–Crippen MR) is 162 cm³/mol. The Hall–Kier alpha value is -4.85. The number of imide groups is 1. The molecule has 8 nitrogen and oxygen atoms in total.